The maximum absolute atomic E-state index is 12.7. The lowest BCUT2D eigenvalue weighted by Gasteiger charge is -2.24. The van der Waals surface area contributed by atoms with Gasteiger partial charge in [0.05, 0.1) is 0 Å². The van der Waals surface area contributed by atoms with Crippen molar-refractivity contribution in [2.75, 3.05) is 6.26 Å². The van der Waals surface area contributed by atoms with Gasteiger partial charge in [-0.1, -0.05) is 43.5 Å². The van der Waals surface area contributed by atoms with Crippen molar-refractivity contribution in [2.24, 2.45) is 5.92 Å². The van der Waals surface area contributed by atoms with Gasteiger partial charge in [0.25, 0.3) is 5.91 Å². The number of benzene rings is 1. The Labute approximate surface area is 171 Å². The fourth-order valence-electron chi connectivity index (χ4n) is 2.88. The average Bonchev–Trinajstić information content (AvgIpc) is 2.63. The van der Waals surface area contributed by atoms with Crippen LogP contribution in [0.15, 0.2) is 48.0 Å². The van der Waals surface area contributed by atoms with E-state index in [0.29, 0.717) is 17.5 Å². The number of nitrogens with zero attached hydrogens (tertiary/aromatic N) is 2. The first kappa shape index (κ1) is 21.0. The van der Waals surface area contributed by atoms with Gasteiger partial charge >= 0.3 is 0 Å². The van der Waals surface area contributed by atoms with Gasteiger partial charge in [0.15, 0.2) is 9.84 Å². The van der Waals surface area contributed by atoms with E-state index in [1.165, 1.54) is 31.5 Å². The van der Waals surface area contributed by atoms with E-state index < -0.39 is 21.8 Å². The molecule has 1 heterocycles. The van der Waals surface area contributed by atoms with E-state index in [0.717, 1.165) is 18.1 Å². The van der Waals surface area contributed by atoms with E-state index in [1.54, 1.807) is 19.1 Å². The molecule has 1 aromatic heterocycles. The third kappa shape index (κ3) is 6.39. The van der Waals surface area contributed by atoms with Gasteiger partial charge in [-0.2, -0.15) is 4.98 Å². The molecule has 1 aliphatic rings. The van der Waals surface area contributed by atoms with E-state index in [2.05, 4.69) is 15.3 Å². The molecule has 0 radical (unpaired) electrons. The first-order valence-electron chi connectivity index (χ1n) is 9.58. The van der Waals surface area contributed by atoms with E-state index >= 15 is 0 Å². The highest BCUT2D eigenvalue weighted by Crippen LogP contribution is 2.30. The van der Waals surface area contributed by atoms with Gasteiger partial charge in [-0.15, -0.1) is 0 Å². The molecule has 3 rings (SSSR count). The first-order valence-corrected chi connectivity index (χ1v) is 11.5. The number of nitrogens with one attached hydrogen (secondary N) is 1. The molecule has 8 heteroatoms. The summed E-state index contributed by atoms with van der Waals surface area (Å²) < 4.78 is 28.4. The lowest BCUT2D eigenvalue weighted by atomic mass is 9.83. The minimum absolute atomic E-state index is 0.192. The molecular formula is C21H25N3O4S. The third-order valence-corrected chi connectivity index (χ3v) is 5.33. The molecule has 1 saturated carbocycles. The van der Waals surface area contributed by atoms with Crippen molar-refractivity contribution in [3.63, 3.8) is 0 Å². The molecule has 29 heavy (non-hydrogen) atoms. The summed E-state index contributed by atoms with van der Waals surface area (Å²) in [6, 6.07) is 8.63. The lowest BCUT2D eigenvalue weighted by Crippen LogP contribution is -2.32. The Hall–Kier alpha value is -2.74. The zero-order valence-electron chi connectivity index (χ0n) is 16.5. The van der Waals surface area contributed by atoms with Crippen LogP contribution in [0.4, 0.5) is 0 Å². The predicted octanol–water partition coefficient (Wildman–Crippen LogP) is 3.29. The Morgan fingerprint density at radius 3 is 2.66 bits per heavy atom. The summed E-state index contributed by atoms with van der Waals surface area (Å²) in [6.07, 6.45) is 8.32. The zero-order chi connectivity index (χ0) is 20.9. The van der Waals surface area contributed by atoms with Crippen molar-refractivity contribution < 1.29 is 17.9 Å². The first-order chi connectivity index (χ1) is 13.8. The van der Waals surface area contributed by atoms with Crippen LogP contribution < -0.4 is 10.1 Å². The topological polar surface area (TPSA) is 98.2 Å². The van der Waals surface area contributed by atoms with Crippen molar-refractivity contribution in [2.45, 2.75) is 38.6 Å². The van der Waals surface area contributed by atoms with Crippen molar-refractivity contribution in [1.82, 2.24) is 15.3 Å². The number of sulfone groups is 1. The second-order valence-corrected chi connectivity index (χ2v) is 9.27. The van der Waals surface area contributed by atoms with E-state index in [-0.39, 0.29) is 11.4 Å². The van der Waals surface area contributed by atoms with Crippen LogP contribution in [0.5, 0.6) is 11.6 Å². The van der Waals surface area contributed by atoms with E-state index in [4.69, 9.17) is 4.74 Å². The van der Waals surface area contributed by atoms with Gasteiger partial charge in [0.2, 0.25) is 5.88 Å². The molecule has 0 aliphatic heterocycles. The van der Waals surface area contributed by atoms with Crippen molar-refractivity contribution >= 4 is 15.7 Å². The van der Waals surface area contributed by atoms with Gasteiger partial charge in [-0.05, 0) is 25.0 Å². The molecule has 2 aromatic rings. The number of amides is 1. The van der Waals surface area contributed by atoms with Crippen LogP contribution in [-0.2, 0) is 16.3 Å². The number of para-hydroxylation sites is 1. The maximum Gasteiger partial charge on any atom is 0.258 e. The number of hydrogen-bond donors (Lipinski definition) is 1. The largest absolute Gasteiger partial charge is 0.438 e. The maximum atomic E-state index is 12.7. The average molecular weight is 416 g/mol. The van der Waals surface area contributed by atoms with E-state index in [9.17, 15) is 13.2 Å². The summed E-state index contributed by atoms with van der Waals surface area (Å²) in [5.41, 5.74) is 0.200. The molecule has 0 spiro atoms. The monoisotopic (exact) mass is 415 g/mol. The van der Waals surface area contributed by atoms with Crippen LogP contribution in [0.3, 0.4) is 0 Å². The number of rotatable bonds is 8. The second-order valence-electron chi connectivity index (χ2n) is 7.34. The Kier molecular flexibility index (Phi) is 6.64. The predicted molar refractivity (Wildman–Crippen MR) is 111 cm³/mol. The second kappa shape index (κ2) is 9.17. The minimum atomic E-state index is -3.26. The molecule has 7 nitrogen and oxygen atoms in total. The quantitative estimate of drug-likeness (QED) is 0.710. The molecule has 0 saturated heterocycles. The Morgan fingerprint density at radius 1 is 1.31 bits per heavy atom. The Bertz CT molecular complexity index is 986. The Balaban J connectivity index is 1.81. The SMILES string of the molecule is CC(/C=C/S(C)(=O)=O)NC(=O)c1cnc(CC2CCC2)nc1Oc1ccccc1. The summed E-state index contributed by atoms with van der Waals surface area (Å²) in [6.45, 7) is 1.68. The fourth-order valence-corrected chi connectivity index (χ4v) is 3.40. The van der Waals surface area contributed by atoms with E-state index in [1.807, 2.05) is 18.2 Å². The highest BCUT2D eigenvalue weighted by atomic mass is 32.2. The molecule has 0 bridgehead atoms. The lowest BCUT2D eigenvalue weighted by molar-refractivity contribution is 0.0943. The summed E-state index contributed by atoms with van der Waals surface area (Å²) in [7, 11) is -3.26. The van der Waals surface area contributed by atoms with Crippen LogP contribution in [-0.4, -0.2) is 36.6 Å². The molecule has 1 amide bonds. The highest BCUT2D eigenvalue weighted by Gasteiger charge is 2.22. The van der Waals surface area contributed by atoms with Gasteiger partial charge in [0, 0.05) is 30.3 Å². The third-order valence-electron chi connectivity index (χ3n) is 4.68. The smallest absolute Gasteiger partial charge is 0.258 e. The standard InChI is InChI=1S/C21H25N3O4S/c1-15(11-12-29(2,26)27)23-20(25)18-14-22-19(13-16-7-6-8-16)24-21(18)28-17-9-4-3-5-10-17/h3-5,9-12,14-16H,6-8,13H2,1-2H3,(H,23,25)/b12-11+. The van der Waals surface area contributed by atoms with Crippen molar-refractivity contribution in [1.29, 1.82) is 0 Å². The number of hydrogen-bond acceptors (Lipinski definition) is 6. The molecular weight excluding hydrogens is 390 g/mol. The Morgan fingerprint density at radius 2 is 2.03 bits per heavy atom. The van der Waals surface area contributed by atoms with Crippen LogP contribution in [0.1, 0.15) is 42.4 Å². The van der Waals surface area contributed by atoms with Crippen molar-refractivity contribution in [3.05, 3.63) is 59.4 Å². The summed E-state index contributed by atoms with van der Waals surface area (Å²) >= 11 is 0. The van der Waals surface area contributed by atoms with Crippen molar-refractivity contribution in [3.8, 4) is 11.6 Å². The summed E-state index contributed by atoms with van der Waals surface area (Å²) in [5.74, 6) is 1.57. The zero-order valence-corrected chi connectivity index (χ0v) is 17.4. The van der Waals surface area contributed by atoms with Gasteiger partial charge < -0.3 is 10.1 Å². The summed E-state index contributed by atoms with van der Waals surface area (Å²) in [4.78, 5) is 21.6. The van der Waals surface area contributed by atoms with Gasteiger partial charge in [-0.25, -0.2) is 13.4 Å². The van der Waals surface area contributed by atoms with Gasteiger partial charge in [-0.3, -0.25) is 4.79 Å². The minimum Gasteiger partial charge on any atom is -0.438 e. The number of carbonyl (C=O) groups excluding carboxylic acids is 1. The summed E-state index contributed by atoms with van der Waals surface area (Å²) in [5, 5.41) is 3.79. The molecule has 1 aromatic carbocycles. The number of ether oxygens (including phenoxy) is 1. The number of carbonyl (C=O) groups is 1. The molecule has 1 atom stereocenters. The molecule has 154 valence electrons. The molecule has 1 aliphatic carbocycles. The van der Waals surface area contributed by atoms with Crippen LogP contribution >= 0.6 is 0 Å². The van der Waals surface area contributed by atoms with Crippen LogP contribution in [0.25, 0.3) is 0 Å². The van der Waals surface area contributed by atoms with Crippen LogP contribution in [0.2, 0.25) is 0 Å². The van der Waals surface area contributed by atoms with Gasteiger partial charge in [0.1, 0.15) is 17.1 Å². The molecule has 1 N–H and O–H groups in total. The highest BCUT2D eigenvalue weighted by molar-refractivity contribution is 7.93. The fraction of sp³-hybridized carbons (Fsp3) is 0.381. The number of aromatic nitrogens is 2. The molecule has 1 fully saturated rings. The molecule has 1 unspecified atom stereocenters. The normalized spacial score (nSPS) is 15.7. The van der Waals surface area contributed by atoms with Crippen LogP contribution in [0, 0.1) is 5.92 Å².